The monoisotopic (exact) mass is 206 g/mol. The number of aliphatic hydroxyl groups excluding tert-OH is 2. The fraction of sp³-hybridized carbons (Fsp3) is 0.182. The molecule has 1 aliphatic rings. The summed E-state index contributed by atoms with van der Waals surface area (Å²) < 4.78 is 0. The summed E-state index contributed by atoms with van der Waals surface area (Å²) in [5.41, 5.74) is 1.29. The van der Waals surface area contributed by atoms with Crippen LogP contribution in [0.3, 0.4) is 0 Å². The highest BCUT2D eigenvalue weighted by Crippen LogP contribution is 2.28. The first kappa shape index (κ1) is 9.89. The molecule has 2 unspecified atom stereocenters. The Bertz CT molecular complexity index is 436. The largest absolute Gasteiger partial charge is 0.478 e. The van der Waals surface area contributed by atoms with Gasteiger partial charge < -0.3 is 15.3 Å². The molecule has 0 aromatic heterocycles. The van der Waals surface area contributed by atoms with Gasteiger partial charge in [-0.05, 0) is 23.3 Å². The zero-order valence-electron chi connectivity index (χ0n) is 7.79. The molecule has 3 N–H and O–H groups in total. The lowest BCUT2D eigenvalue weighted by Gasteiger charge is -2.21. The maximum Gasteiger partial charge on any atom is 0.335 e. The SMILES string of the molecule is O=C(O)c1ccc2c(c1)C(O)C(O)C=C2. The minimum Gasteiger partial charge on any atom is -0.478 e. The van der Waals surface area contributed by atoms with Crippen LogP contribution in [0.4, 0.5) is 0 Å². The number of benzene rings is 1. The summed E-state index contributed by atoms with van der Waals surface area (Å²) in [7, 11) is 0. The van der Waals surface area contributed by atoms with Gasteiger partial charge in [0.1, 0.15) is 12.2 Å². The molecule has 0 aliphatic heterocycles. The predicted octanol–water partition coefficient (Wildman–Crippen LogP) is 0.806. The molecule has 78 valence electrons. The Balaban J connectivity index is 2.52. The number of carbonyl (C=O) groups is 1. The minimum absolute atomic E-state index is 0.107. The van der Waals surface area contributed by atoms with Crippen LogP contribution in [0.2, 0.25) is 0 Å². The van der Waals surface area contributed by atoms with Gasteiger partial charge in [-0.15, -0.1) is 0 Å². The highest BCUT2D eigenvalue weighted by molar-refractivity contribution is 5.88. The fourth-order valence-corrected chi connectivity index (χ4v) is 1.61. The molecule has 0 radical (unpaired) electrons. The third-order valence-electron chi connectivity index (χ3n) is 2.45. The van der Waals surface area contributed by atoms with E-state index in [1.165, 1.54) is 18.2 Å². The molecular weight excluding hydrogens is 196 g/mol. The van der Waals surface area contributed by atoms with Crippen molar-refractivity contribution in [2.24, 2.45) is 0 Å². The molecule has 0 spiro atoms. The molecule has 0 fully saturated rings. The van der Waals surface area contributed by atoms with E-state index in [1.807, 2.05) is 0 Å². The van der Waals surface area contributed by atoms with Crippen LogP contribution < -0.4 is 0 Å². The first-order valence-corrected chi connectivity index (χ1v) is 4.51. The average molecular weight is 206 g/mol. The maximum absolute atomic E-state index is 10.7. The molecule has 0 heterocycles. The van der Waals surface area contributed by atoms with Crippen molar-refractivity contribution in [1.82, 2.24) is 0 Å². The van der Waals surface area contributed by atoms with Crippen molar-refractivity contribution in [1.29, 1.82) is 0 Å². The molecule has 1 aromatic carbocycles. The number of aromatic carboxylic acids is 1. The van der Waals surface area contributed by atoms with Gasteiger partial charge in [-0.25, -0.2) is 4.79 Å². The van der Waals surface area contributed by atoms with Gasteiger partial charge >= 0.3 is 5.97 Å². The van der Waals surface area contributed by atoms with Crippen molar-refractivity contribution in [2.75, 3.05) is 0 Å². The number of hydrogen-bond acceptors (Lipinski definition) is 3. The lowest BCUT2D eigenvalue weighted by Crippen LogP contribution is -2.19. The van der Waals surface area contributed by atoms with Gasteiger partial charge in [0.15, 0.2) is 0 Å². The van der Waals surface area contributed by atoms with Gasteiger partial charge in [-0.2, -0.15) is 0 Å². The molecule has 4 nitrogen and oxygen atoms in total. The quantitative estimate of drug-likeness (QED) is 0.635. The van der Waals surface area contributed by atoms with E-state index >= 15 is 0 Å². The summed E-state index contributed by atoms with van der Waals surface area (Å²) in [6, 6.07) is 4.47. The fourth-order valence-electron chi connectivity index (χ4n) is 1.61. The van der Waals surface area contributed by atoms with Gasteiger partial charge in [0.25, 0.3) is 0 Å². The van der Waals surface area contributed by atoms with Gasteiger partial charge in [0, 0.05) is 0 Å². The van der Waals surface area contributed by atoms with Gasteiger partial charge in [0.2, 0.25) is 0 Å². The topological polar surface area (TPSA) is 77.8 Å². The molecule has 0 amide bonds. The summed E-state index contributed by atoms with van der Waals surface area (Å²) in [6.45, 7) is 0. The molecule has 0 bridgehead atoms. The Hall–Kier alpha value is -1.65. The normalized spacial score (nSPS) is 23.6. The Morgan fingerprint density at radius 3 is 2.67 bits per heavy atom. The average Bonchev–Trinajstić information content (AvgIpc) is 2.23. The van der Waals surface area contributed by atoms with Crippen molar-refractivity contribution in [2.45, 2.75) is 12.2 Å². The summed E-state index contributed by atoms with van der Waals surface area (Å²) in [4.78, 5) is 10.7. The van der Waals surface area contributed by atoms with E-state index < -0.39 is 18.2 Å². The Kier molecular flexibility index (Phi) is 2.30. The highest BCUT2D eigenvalue weighted by Gasteiger charge is 2.23. The summed E-state index contributed by atoms with van der Waals surface area (Å²) >= 11 is 0. The van der Waals surface area contributed by atoms with E-state index in [-0.39, 0.29) is 5.56 Å². The van der Waals surface area contributed by atoms with Gasteiger partial charge in [-0.1, -0.05) is 18.2 Å². The molecule has 15 heavy (non-hydrogen) atoms. The molecule has 1 aromatic rings. The Morgan fingerprint density at radius 1 is 1.27 bits per heavy atom. The number of aliphatic hydroxyl groups is 2. The number of fused-ring (bicyclic) bond motifs is 1. The van der Waals surface area contributed by atoms with Crippen LogP contribution in [-0.2, 0) is 0 Å². The molecule has 1 aliphatic carbocycles. The number of carboxylic acid groups (broad SMARTS) is 1. The van der Waals surface area contributed by atoms with E-state index in [0.717, 1.165) is 5.56 Å². The van der Waals surface area contributed by atoms with Crippen molar-refractivity contribution < 1.29 is 20.1 Å². The van der Waals surface area contributed by atoms with Crippen molar-refractivity contribution in [3.8, 4) is 0 Å². The van der Waals surface area contributed by atoms with Crippen LogP contribution in [-0.4, -0.2) is 27.4 Å². The van der Waals surface area contributed by atoms with Crippen LogP contribution >= 0.6 is 0 Å². The van der Waals surface area contributed by atoms with Crippen LogP contribution in [0.5, 0.6) is 0 Å². The minimum atomic E-state index is -1.05. The number of carboxylic acids is 1. The Morgan fingerprint density at radius 2 is 2.00 bits per heavy atom. The van der Waals surface area contributed by atoms with Crippen LogP contribution in [0.1, 0.15) is 27.6 Å². The van der Waals surface area contributed by atoms with E-state index in [9.17, 15) is 15.0 Å². The molecule has 0 saturated carbocycles. The van der Waals surface area contributed by atoms with E-state index in [1.54, 1.807) is 12.1 Å². The summed E-state index contributed by atoms with van der Waals surface area (Å²) in [5, 5.41) is 27.8. The van der Waals surface area contributed by atoms with Crippen LogP contribution in [0, 0.1) is 0 Å². The Labute approximate surface area is 86.1 Å². The second kappa shape index (κ2) is 3.49. The van der Waals surface area contributed by atoms with Gasteiger partial charge in [0.05, 0.1) is 5.56 Å². The van der Waals surface area contributed by atoms with Crippen molar-refractivity contribution in [3.05, 3.63) is 41.0 Å². The van der Waals surface area contributed by atoms with E-state index in [2.05, 4.69) is 0 Å². The summed E-state index contributed by atoms with van der Waals surface area (Å²) in [5.74, 6) is -1.05. The smallest absolute Gasteiger partial charge is 0.335 e. The zero-order valence-corrected chi connectivity index (χ0v) is 7.79. The van der Waals surface area contributed by atoms with E-state index in [4.69, 9.17) is 5.11 Å². The van der Waals surface area contributed by atoms with Crippen molar-refractivity contribution >= 4 is 12.0 Å². The standard InChI is InChI=1S/C11H10O4/c12-9-4-3-6-1-2-7(11(14)15)5-8(6)10(9)13/h1-5,9-10,12-13H,(H,14,15). The maximum atomic E-state index is 10.7. The second-order valence-corrected chi connectivity index (χ2v) is 3.44. The number of rotatable bonds is 1. The van der Waals surface area contributed by atoms with E-state index in [0.29, 0.717) is 5.56 Å². The van der Waals surface area contributed by atoms with Gasteiger partial charge in [-0.3, -0.25) is 0 Å². The lowest BCUT2D eigenvalue weighted by molar-refractivity contribution is 0.0468. The summed E-state index contributed by atoms with van der Waals surface area (Å²) in [6.07, 6.45) is 1.12. The third-order valence-corrected chi connectivity index (χ3v) is 2.45. The molecule has 4 heteroatoms. The third kappa shape index (κ3) is 1.65. The first-order chi connectivity index (χ1) is 7.09. The molecule has 2 rings (SSSR count). The molecule has 0 saturated heterocycles. The predicted molar refractivity (Wildman–Crippen MR) is 53.4 cm³/mol. The first-order valence-electron chi connectivity index (χ1n) is 4.51. The van der Waals surface area contributed by atoms with Crippen LogP contribution in [0.15, 0.2) is 24.3 Å². The zero-order chi connectivity index (χ0) is 11.0. The number of hydrogen-bond donors (Lipinski definition) is 3. The second-order valence-electron chi connectivity index (χ2n) is 3.44. The lowest BCUT2D eigenvalue weighted by atomic mass is 9.91. The van der Waals surface area contributed by atoms with Crippen LogP contribution in [0.25, 0.3) is 6.08 Å². The molecule has 2 atom stereocenters. The molecular formula is C11H10O4. The highest BCUT2D eigenvalue weighted by atomic mass is 16.4. The van der Waals surface area contributed by atoms with Crippen molar-refractivity contribution in [3.63, 3.8) is 0 Å².